The predicted molar refractivity (Wildman–Crippen MR) is 77.5 cm³/mol. The first-order valence-electron chi connectivity index (χ1n) is 7.22. The monoisotopic (exact) mass is 294 g/mol. The molecule has 6 nitrogen and oxygen atoms in total. The third kappa shape index (κ3) is 3.44. The predicted octanol–water partition coefficient (Wildman–Crippen LogP) is 1.72. The van der Waals surface area contributed by atoms with Crippen molar-refractivity contribution in [2.45, 2.75) is 39.2 Å². The molecule has 1 aromatic rings. The first-order valence-corrected chi connectivity index (χ1v) is 7.22. The Labute approximate surface area is 124 Å². The van der Waals surface area contributed by atoms with Crippen LogP contribution in [0.25, 0.3) is 0 Å². The van der Waals surface area contributed by atoms with Crippen LogP contribution in [-0.2, 0) is 9.47 Å². The molecular formula is C15H22N2O4. The molecule has 0 unspecified atom stereocenters. The van der Waals surface area contributed by atoms with Gasteiger partial charge in [-0.15, -0.1) is 0 Å². The lowest BCUT2D eigenvalue weighted by Crippen LogP contribution is -2.27. The van der Waals surface area contributed by atoms with Crippen LogP contribution in [0.1, 0.15) is 51.4 Å². The van der Waals surface area contributed by atoms with Gasteiger partial charge in [0.15, 0.2) is 0 Å². The first-order chi connectivity index (χ1) is 10.0. The van der Waals surface area contributed by atoms with E-state index in [1.54, 1.807) is 13.8 Å². The van der Waals surface area contributed by atoms with Crippen LogP contribution in [0.4, 0.5) is 0 Å². The average molecular weight is 294 g/mol. The fraction of sp³-hybridized carbons (Fsp3) is 0.600. The SMILES string of the molecule is COC(=O)c1c(C)[nH]c(C(=O)NCC[C@H]2CCCO2)c1C. The van der Waals surface area contributed by atoms with Crippen LogP contribution in [-0.4, -0.2) is 43.2 Å². The van der Waals surface area contributed by atoms with Crippen LogP contribution in [0.2, 0.25) is 0 Å². The third-order valence-corrected chi connectivity index (χ3v) is 3.83. The van der Waals surface area contributed by atoms with Crippen LogP contribution in [0.5, 0.6) is 0 Å². The van der Waals surface area contributed by atoms with Crippen molar-refractivity contribution < 1.29 is 19.1 Å². The summed E-state index contributed by atoms with van der Waals surface area (Å²) in [6.45, 7) is 4.87. The number of carbonyl (C=O) groups excluding carboxylic acids is 2. The van der Waals surface area contributed by atoms with Crippen molar-refractivity contribution in [2.75, 3.05) is 20.3 Å². The quantitative estimate of drug-likeness (QED) is 0.810. The van der Waals surface area contributed by atoms with Crippen molar-refractivity contribution >= 4 is 11.9 Å². The number of amides is 1. The average Bonchev–Trinajstić information content (AvgIpc) is 3.06. The maximum absolute atomic E-state index is 12.2. The Kier molecular flexibility index (Phi) is 5.01. The number of esters is 1. The van der Waals surface area contributed by atoms with Crippen LogP contribution in [0.15, 0.2) is 0 Å². The minimum absolute atomic E-state index is 0.205. The van der Waals surface area contributed by atoms with E-state index in [0.717, 1.165) is 25.9 Å². The van der Waals surface area contributed by atoms with E-state index in [1.807, 2.05) is 0 Å². The number of ether oxygens (including phenoxy) is 2. The Hall–Kier alpha value is -1.82. The molecule has 21 heavy (non-hydrogen) atoms. The molecule has 1 amide bonds. The van der Waals surface area contributed by atoms with Gasteiger partial charge in [-0.05, 0) is 38.7 Å². The summed E-state index contributed by atoms with van der Waals surface area (Å²) in [6.07, 6.45) is 3.22. The molecule has 1 aliphatic heterocycles. The van der Waals surface area contributed by atoms with Crippen LogP contribution < -0.4 is 5.32 Å². The fourth-order valence-electron chi connectivity index (χ4n) is 2.69. The lowest BCUT2D eigenvalue weighted by Gasteiger charge is -2.10. The van der Waals surface area contributed by atoms with Gasteiger partial charge < -0.3 is 19.8 Å². The van der Waals surface area contributed by atoms with E-state index in [0.29, 0.717) is 29.1 Å². The number of methoxy groups -OCH3 is 1. The normalized spacial score (nSPS) is 17.8. The Balaban J connectivity index is 1.97. The minimum Gasteiger partial charge on any atom is -0.465 e. The summed E-state index contributed by atoms with van der Waals surface area (Å²) in [7, 11) is 1.33. The third-order valence-electron chi connectivity index (χ3n) is 3.83. The van der Waals surface area contributed by atoms with E-state index < -0.39 is 5.97 Å². The Morgan fingerprint density at radius 1 is 1.43 bits per heavy atom. The molecule has 116 valence electrons. The molecule has 1 saturated heterocycles. The number of nitrogens with one attached hydrogen (secondary N) is 2. The maximum Gasteiger partial charge on any atom is 0.339 e. The fourth-order valence-corrected chi connectivity index (χ4v) is 2.69. The van der Waals surface area contributed by atoms with Gasteiger partial charge in [-0.2, -0.15) is 0 Å². The highest BCUT2D eigenvalue weighted by molar-refractivity contribution is 6.00. The molecule has 1 atom stereocenters. The summed E-state index contributed by atoms with van der Waals surface area (Å²) in [5, 5.41) is 2.86. The summed E-state index contributed by atoms with van der Waals surface area (Å²) in [5.41, 5.74) is 2.11. The van der Waals surface area contributed by atoms with Gasteiger partial charge >= 0.3 is 5.97 Å². The Morgan fingerprint density at radius 3 is 2.81 bits per heavy atom. The second kappa shape index (κ2) is 6.76. The highest BCUT2D eigenvalue weighted by Crippen LogP contribution is 2.19. The largest absolute Gasteiger partial charge is 0.465 e. The number of H-pyrrole nitrogens is 1. The number of aromatic nitrogens is 1. The van der Waals surface area contributed by atoms with Crippen molar-refractivity contribution in [2.24, 2.45) is 0 Å². The zero-order valence-electron chi connectivity index (χ0n) is 12.7. The number of rotatable bonds is 5. The number of hydrogen-bond donors (Lipinski definition) is 2. The van der Waals surface area contributed by atoms with Gasteiger partial charge in [0, 0.05) is 18.8 Å². The highest BCUT2D eigenvalue weighted by atomic mass is 16.5. The number of carbonyl (C=O) groups is 2. The van der Waals surface area contributed by atoms with Gasteiger partial charge in [-0.3, -0.25) is 4.79 Å². The van der Waals surface area contributed by atoms with Gasteiger partial charge in [0.05, 0.1) is 18.8 Å². The molecule has 1 fully saturated rings. The van der Waals surface area contributed by atoms with Crippen molar-refractivity contribution in [3.8, 4) is 0 Å². The summed E-state index contributed by atoms with van der Waals surface area (Å²) in [6, 6.07) is 0. The van der Waals surface area contributed by atoms with E-state index in [1.165, 1.54) is 7.11 Å². The summed E-state index contributed by atoms with van der Waals surface area (Å²) < 4.78 is 10.2. The summed E-state index contributed by atoms with van der Waals surface area (Å²) in [5.74, 6) is -0.636. The van der Waals surface area contributed by atoms with Crippen molar-refractivity contribution in [1.29, 1.82) is 0 Å². The Bertz CT molecular complexity index is 530. The van der Waals surface area contributed by atoms with Gasteiger partial charge in [-0.25, -0.2) is 4.79 Å². The molecule has 0 spiro atoms. The standard InChI is InChI=1S/C15H22N2O4/c1-9-12(15(19)20-3)10(2)17-13(9)14(18)16-7-6-11-5-4-8-21-11/h11,17H,4-8H2,1-3H3,(H,16,18)/t11-/m1/s1. The van der Waals surface area contributed by atoms with E-state index in [-0.39, 0.29) is 12.0 Å². The Morgan fingerprint density at radius 2 is 2.19 bits per heavy atom. The number of aryl methyl sites for hydroxylation is 1. The van der Waals surface area contributed by atoms with Crippen LogP contribution in [0.3, 0.4) is 0 Å². The van der Waals surface area contributed by atoms with Crippen LogP contribution in [0, 0.1) is 13.8 Å². The molecule has 0 aromatic carbocycles. The van der Waals surface area contributed by atoms with Crippen LogP contribution >= 0.6 is 0 Å². The van der Waals surface area contributed by atoms with Gasteiger partial charge in [0.25, 0.3) is 5.91 Å². The second-order valence-electron chi connectivity index (χ2n) is 5.30. The smallest absolute Gasteiger partial charge is 0.339 e. The van der Waals surface area contributed by atoms with E-state index in [4.69, 9.17) is 9.47 Å². The zero-order chi connectivity index (χ0) is 15.4. The van der Waals surface area contributed by atoms with E-state index >= 15 is 0 Å². The molecule has 1 aliphatic rings. The maximum atomic E-state index is 12.2. The highest BCUT2D eigenvalue weighted by Gasteiger charge is 2.22. The molecule has 0 aliphatic carbocycles. The topological polar surface area (TPSA) is 80.4 Å². The van der Waals surface area contributed by atoms with Gasteiger partial charge in [-0.1, -0.05) is 0 Å². The summed E-state index contributed by atoms with van der Waals surface area (Å²) >= 11 is 0. The molecule has 2 N–H and O–H groups in total. The van der Waals surface area contributed by atoms with Crippen molar-refractivity contribution in [1.82, 2.24) is 10.3 Å². The van der Waals surface area contributed by atoms with Gasteiger partial charge in [0.2, 0.25) is 0 Å². The molecule has 2 heterocycles. The first kappa shape index (κ1) is 15.6. The summed E-state index contributed by atoms with van der Waals surface area (Å²) in [4.78, 5) is 26.8. The van der Waals surface area contributed by atoms with Gasteiger partial charge in [0.1, 0.15) is 5.69 Å². The molecule has 0 radical (unpaired) electrons. The molecule has 6 heteroatoms. The lowest BCUT2D eigenvalue weighted by molar-refractivity contribution is 0.0599. The lowest BCUT2D eigenvalue weighted by atomic mass is 10.1. The molecule has 0 bridgehead atoms. The van der Waals surface area contributed by atoms with Crippen molar-refractivity contribution in [3.05, 3.63) is 22.5 Å². The minimum atomic E-state index is -0.431. The molecule has 1 aromatic heterocycles. The number of hydrogen-bond acceptors (Lipinski definition) is 4. The van der Waals surface area contributed by atoms with E-state index in [9.17, 15) is 9.59 Å². The zero-order valence-corrected chi connectivity index (χ0v) is 12.7. The number of aromatic amines is 1. The molecule has 2 rings (SSSR count). The second-order valence-corrected chi connectivity index (χ2v) is 5.30. The molecule has 0 saturated carbocycles. The molecular weight excluding hydrogens is 272 g/mol. The van der Waals surface area contributed by atoms with E-state index in [2.05, 4.69) is 10.3 Å². The van der Waals surface area contributed by atoms with Crippen molar-refractivity contribution in [3.63, 3.8) is 0 Å².